The Kier molecular flexibility index (Phi) is 7.57. The second-order valence-corrected chi connectivity index (χ2v) is 14.7. The van der Waals surface area contributed by atoms with E-state index in [1.165, 1.54) is 4.70 Å². The highest BCUT2D eigenvalue weighted by atomic mass is 32.1. The molecule has 0 unspecified atom stereocenters. The van der Waals surface area contributed by atoms with Gasteiger partial charge in [0.1, 0.15) is 11.2 Å². The lowest BCUT2D eigenvalue weighted by Crippen LogP contribution is -2.00. The Labute approximate surface area is 325 Å². The smallest absolute Gasteiger partial charge is 0.164 e. The summed E-state index contributed by atoms with van der Waals surface area (Å²) in [6.07, 6.45) is 0. The zero-order chi connectivity index (χ0) is 37.0. The number of hydrogen-bond acceptors (Lipinski definition) is 7. The molecule has 0 N–H and O–H groups in total. The molecular formula is C49H29N5OS. The molecule has 262 valence electrons. The first kappa shape index (κ1) is 32.1. The molecule has 0 atom stereocenters. The second kappa shape index (κ2) is 13.2. The zero-order valence-electron chi connectivity index (χ0n) is 29.8. The number of benzene rings is 7. The molecule has 11 rings (SSSR count). The highest BCUT2D eigenvalue weighted by Crippen LogP contribution is 2.42. The van der Waals surface area contributed by atoms with Gasteiger partial charge in [0.25, 0.3) is 0 Å². The van der Waals surface area contributed by atoms with Crippen molar-refractivity contribution >= 4 is 53.6 Å². The third-order valence-corrected chi connectivity index (χ3v) is 11.3. The van der Waals surface area contributed by atoms with Crippen LogP contribution < -0.4 is 0 Å². The molecule has 4 aromatic heterocycles. The van der Waals surface area contributed by atoms with Gasteiger partial charge < -0.3 is 4.42 Å². The topological polar surface area (TPSA) is 77.6 Å². The lowest BCUT2D eigenvalue weighted by molar-refractivity contribution is 0.669. The van der Waals surface area contributed by atoms with Gasteiger partial charge in [-0.05, 0) is 47.5 Å². The van der Waals surface area contributed by atoms with Crippen LogP contribution in [0.15, 0.2) is 180 Å². The standard InChI is InChI=1S/C49H29N5OS/c1-4-14-30(15-5-1)33-20-12-21-35(28-33)48-52-47(32-18-8-3-9-19-32)53-49(54-48)37-23-13-24-40-42(37)38-29-34(26-27-39(38)55-40)43-45-44(36-22-10-11-25-41(36)56-45)51-46(50-43)31-16-6-2-7-17-31/h1-29H. The maximum Gasteiger partial charge on any atom is 0.164 e. The van der Waals surface area contributed by atoms with Gasteiger partial charge in [0.05, 0.1) is 15.9 Å². The molecule has 11 aromatic rings. The highest BCUT2D eigenvalue weighted by Gasteiger charge is 2.21. The van der Waals surface area contributed by atoms with E-state index < -0.39 is 0 Å². The van der Waals surface area contributed by atoms with Gasteiger partial charge in [0, 0.05) is 48.7 Å². The minimum Gasteiger partial charge on any atom is -0.456 e. The fourth-order valence-electron chi connectivity index (χ4n) is 7.47. The van der Waals surface area contributed by atoms with Gasteiger partial charge in [-0.1, -0.05) is 140 Å². The molecule has 7 aromatic carbocycles. The van der Waals surface area contributed by atoms with Crippen LogP contribution in [0, 0.1) is 0 Å². The van der Waals surface area contributed by atoms with Gasteiger partial charge in [-0.15, -0.1) is 11.3 Å². The fraction of sp³-hybridized carbons (Fsp3) is 0. The maximum atomic E-state index is 6.53. The van der Waals surface area contributed by atoms with E-state index >= 15 is 0 Å². The molecule has 0 saturated heterocycles. The van der Waals surface area contributed by atoms with Crippen molar-refractivity contribution in [2.75, 3.05) is 0 Å². The van der Waals surface area contributed by atoms with E-state index in [0.29, 0.717) is 23.3 Å². The van der Waals surface area contributed by atoms with Crippen LogP contribution in [0.2, 0.25) is 0 Å². The molecule has 0 bridgehead atoms. The Morgan fingerprint density at radius 2 is 0.982 bits per heavy atom. The van der Waals surface area contributed by atoms with Gasteiger partial charge in [0.2, 0.25) is 0 Å². The molecule has 0 radical (unpaired) electrons. The Bertz CT molecular complexity index is 3250. The Morgan fingerprint density at radius 3 is 1.75 bits per heavy atom. The third kappa shape index (κ3) is 5.52. The number of nitrogens with zero attached hydrogens (tertiary/aromatic N) is 5. The number of fused-ring (bicyclic) bond motifs is 6. The fourth-order valence-corrected chi connectivity index (χ4v) is 8.63. The Balaban J connectivity index is 1.13. The third-order valence-electron chi connectivity index (χ3n) is 10.2. The van der Waals surface area contributed by atoms with Crippen LogP contribution in [0.25, 0.3) is 110 Å². The molecule has 0 aliphatic carbocycles. The van der Waals surface area contributed by atoms with E-state index in [0.717, 1.165) is 82.2 Å². The van der Waals surface area contributed by atoms with Crippen LogP contribution in [0.5, 0.6) is 0 Å². The summed E-state index contributed by atoms with van der Waals surface area (Å²) in [5.41, 5.74) is 10.2. The van der Waals surface area contributed by atoms with Gasteiger partial charge >= 0.3 is 0 Å². The van der Waals surface area contributed by atoms with Gasteiger partial charge in [-0.25, -0.2) is 24.9 Å². The summed E-state index contributed by atoms with van der Waals surface area (Å²) in [4.78, 5) is 25.7. The van der Waals surface area contributed by atoms with E-state index in [1.54, 1.807) is 11.3 Å². The lowest BCUT2D eigenvalue weighted by Gasteiger charge is -2.10. The van der Waals surface area contributed by atoms with Crippen LogP contribution in [0.1, 0.15) is 0 Å². The van der Waals surface area contributed by atoms with Crippen molar-refractivity contribution in [1.29, 1.82) is 0 Å². The molecule has 4 heterocycles. The summed E-state index contributed by atoms with van der Waals surface area (Å²) in [6, 6.07) is 59.8. The Morgan fingerprint density at radius 1 is 0.375 bits per heavy atom. The first-order valence-corrected chi connectivity index (χ1v) is 19.2. The van der Waals surface area contributed by atoms with Crippen molar-refractivity contribution in [2.24, 2.45) is 0 Å². The maximum absolute atomic E-state index is 6.53. The monoisotopic (exact) mass is 735 g/mol. The van der Waals surface area contributed by atoms with Gasteiger partial charge in [-0.2, -0.15) is 0 Å². The predicted molar refractivity (Wildman–Crippen MR) is 228 cm³/mol. The number of thiophene rings is 1. The normalized spacial score (nSPS) is 11.6. The average molecular weight is 736 g/mol. The SMILES string of the molecule is c1ccc(-c2cccc(-c3nc(-c4ccccc4)nc(-c4cccc5oc6ccc(-c7nc(-c8ccccc8)nc8c7sc7ccccc78)cc6c45)n3)c2)cc1. The van der Waals surface area contributed by atoms with Crippen molar-refractivity contribution in [3.63, 3.8) is 0 Å². The van der Waals surface area contributed by atoms with E-state index in [4.69, 9.17) is 29.3 Å². The van der Waals surface area contributed by atoms with Gasteiger partial charge in [0.15, 0.2) is 23.3 Å². The first-order valence-electron chi connectivity index (χ1n) is 18.4. The molecule has 0 fully saturated rings. The van der Waals surface area contributed by atoms with Gasteiger partial charge in [-0.3, -0.25) is 0 Å². The van der Waals surface area contributed by atoms with Crippen molar-refractivity contribution in [2.45, 2.75) is 0 Å². The summed E-state index contributed by atoms with van der Waals surface area (Å²) in [5, 5.41) is 3.01. The number of aromatic nitrogens is 5. The van der Waals surface area contributed by atoms with Crippen LogP contribution in [0.3, 0.4) is 0 Å². The molecule has 7 heteroatoms. The van der Waals surface area contributed by atoms with Crippen molar-refractivity contribution in [3.05, 3.63) is 176 Å². The van der Waals surface area contributed by atoms with Crippen LogP contribution in [0.4, 0.5) is 0 Å². The quantitative estimate of drug-likeness (QED) is 0.169. The molecule has 56 heavy (non-hydrogen) atoms. The van der Waals surface area contributed by atoms with Crippen molar-refractivity contribution in [1.82, 2.24) is 24.9 Å². The summed E-state index contributed by atoms with van der Waals surface area (Å²) < 4.78 is 8.75. The minimum absolute atomic E-state index is 0.568. The number of hydrogen-bond donors (Lipinski definition) is 0. The second-order valence-electron chi connectivity index (χ2n) is 13.6. The highest BCUT2D eigenvalue weighted by molar-refractivity contribution is 7.26. The predicted octanol–water partition coefficient (Wildman–Crippen LogP) is 12.9. The minimum atomic E-state index is 0.568. The van der Waals surface area contributed by atoms with Crippen molar-refractivity contribution in [3.8, 4) is 67.9 Å². The molecule has 0 saturated carbocycles. The molecule has 6 nitrogen and oxygen atoms in total. The van der Waals surface area contributed by atoms with Crippen LogP contribution >= 0.6 is 11.3 Å². The number of rotatable bonds is 6. The molecule has 0 aliphatic rings. The molecule has 0 amide bonds. The van der Waals surface area contributed by atoms with E-state index in [9.17, 15) is 0 Å². The largest absolute Gasteiger partial charge is 0.456 e. The summed E-state index contributed by atoms with van der Waals surface area (Å²) >= 11 is 1.72. The van der Waals surface area contributed by atoms with E-state index in [-0.39, 0.29) is 0 Å². The summed E-state index contributed by atoms with van der Waals surface area (Å²) in [5.74, 6) is 2.46. The lowest BCUT2D eigenvalue weighted by atomic mass is 10.0. The summed E-state index contributed by atoms with van der Waals surface area (Å²) in [6.45, 7) is 0. The summed E-state index contributed by atoms with van der Waals surface area (Å²) in [7, 11) is 0. The molecular weight excluding hydrogens is 707 g/mol. The average Bonchev–Trinajstić information content (AvgIpc) is 3.85. The van der Waals surface area contributed by atoms with Crippen LogP contribution in [-0.4, -0.2) is 24.9 Å². The van der Waals surface area contributed by atoms with Crippen molar-refractivity contribution < 1.29 is 4.42 Å². The zero-order valence-corrected chi connectivity index (χ0v) is 30.6. The first-order chi connectivity index (χ1) is 27.7. The van der Waals surface area contributed by atoms with E-state index in [2.05, 4.69) is 103 Å². The van der Waals surface area contributed by atoms with E-state index in [1.807, 2.05) is 72.8 Å². The molecule has 0 spiro atoms. The van der Waals surface area contributed by atoms with Crippen LogP contribution in [-0.2, 0) is 0 Å². The molecule has 0 aliphatic heterocycles. The number of furan rings is 1. The Hall–Kier alpha value is -7.35.